The van der Waals surface area contributed by atoms with Crippen molar-refractivity contribution in [3.63, 3.8) is 0 Å². The Balaban J connectivity index is 0.00000288. The second-order valence-electron chi connectivity index (χ2n) is 5.79. The summed E-state index contributed by atoms with van der Waals surface area (Å²) in [6.07, 6.45) is 4.09. The van der Waals surface area contributed by atoms with E-state index < -0.39 is 6.10 Å². The first-order chi connectivity index (χ1) is 11.2. The van der Waals surface area contributed by atoms with Gasteiger partial charge < -0.3 is 20.8 Å². The molecule has 2 rings (SSSR count). The Labute approximate surface area is 149 Å². The molecule has 134 valence electrons. The molecule has 2 aromatic rings. The molecule has 0 saturated carbocycles. The van der Waals surface area contributed by atoms with Gasteiger partial charge in [-0.1, -0.05) is 13.3 Å². The van der Waals surface area contributed by atoms with Crippen molar-refractivity contribution < 1.29 is 9.53 Å². The van der Waals surface area contributed by atoms with E-state index in [0.717, 1.165) is 30.2 Å². The van der Waals surface area contributed by atoms with Gasteiger partial charge in [0, 0.05) is 29.6 Å². The molecule has 0 aliphatic rings. The fourth-order valence-electron chi connectivity index (χ4n) is 2.92. The number of hydrogen-bond donors (Lipinski definition) is 3. The lowest BCUT2D eigenvalue weighted by Gasteiger charge is -2.26. The maximum atomic E-state index is 12.5. The average Bonchev–Trinajstić information content (AvgIpc) is 3.00. The number of halogens is 1. The lowest BCUT2D eigenvalue weighted by molar-refractivity contribution is -0.130. The number of benzene rings is 1. The summed E-state index contributed by atoms with van der Waals surface area (Å²) in [4.78, 5) is 15.6. The van der Waals surface area contributed by atoms with Crippen LogP contribution in [0.1, 0.15) is 33.1 Å². The summed E-state index contributed by atoms with van der Waals surface area (Å²) >= 11 is 0. The molecule has 0 fully saturated rings. The molecular formula is C18H28ClN3O2. The summed E-state index contributed by atoms with van der Waals surface area (Å²) in [6, 6.07) is 7.82. The molecule has 4 N–H and O–H groups in total. The topological polar surface area (TPSA) is 80.1 Å². The average molecular weight is 354 g/mol. The second-order valence-corrected chi connectivity index (χ2v) is 5.79. The van der Waals surface area contributed by atoms with Crippen LogP contribution in [0.2, 0.25) is 0 Å². The Morgan fingerprint density at radius 3 is 2.75 bits per heavy atom. The molecule has 0 bridgehead atoms. The zero-order valence-electron chi connectivity index (χ0n) is 14.4. The maximum Gasteiger partial charge on any atom is 0.261 e. The normalized spacial score (nSPS) is 13.1. The zero-order chi connectivity index (χ0) is 16.7. The molecule has 6 heteroatoms. The third-order valence-electron chi connectivity index (χ3n) is 4.02. The Kier molecular flexibility index (Phi) is 8.65. The van der Waals surface area contributed by atoms with E-state index in [4.69, 9.17) is 10.5 Å². The second kappa shape index (κ2) is 10.2. The molecule has 0 aliphatic carbocycles. The maximum absolute atomic E-state index is 12.5. The van der Waals surface area contributed by atoms with E-state index in [1.54, 1.807) is 0 Å². The number of aromatic nitrogens is 1. The van der Waals surface area contributed by atoms with E-state index in [2.05, 4.69) is 17.2 Å². The highest BCUT2D eigenvalue weighted by atomic mass is 35.5. The predicted octanol–water partition coefficient (Wildman–Crippen LogP) is 3.24. The highest BCUT2D eigenvalue weighted by molar-refractivity contribution is 5.85. The van der Waals surface area contributed by atoms with Crippen LogP contribution in [0.15, 0.2) is 30.5 Å². The van der Waals surface area contributed by atoms with Crippen LogP contribution in [0.25, 0.3) is 10.9 Å². The van der Waals surface area contributed by atoms with Crippen LogP contribution in [-0.4, -0.2) is 30.1 Å². The van der Waals surface area contributed by atoms with Gasteiger partial charge in [0.05, 0.1) is 0 Å². The molecule has 0 spiro atoms. The lowest BCUT2D eigenvalue weighted by Crippen LogP contribution is -2.43. The number of hydrogen-bond acceptors (Lipinski definition) is 3. The molecule has 0 radical (unpaired) electrons. The van der Waals surface area contributed by atoms with E-state index in [9.17, 15) is 4.79 Å². The first kappa shape index (κ1) is 20.3. The van der Waals surface area contributed by atoms with Gasteiger partial charge in [-0.15, -0.1) is 12.4 Å². The fraction of sp³-hybridized carbons (Fsp3) is 0.500. The Hall–Kier alpha value is -1.72. The number of carbonyl (C=O) groups is 1. The highest BCUT2D eigenvalue weighted by Gasteiger charge is 2.29. The third kappa shape index (κ3) is 5.14. The van der Waals surface area contributed by atoms with Crippen molar-refractivity contribution >= 4 is 29.2 Å². The van der Waals surface area contributed by atoms with Crippen LogP contribution in [0.3, 0.4) is 0 Å². The number of nitrogens with two attached hydrogens (primary N) is 1. The van der Waals surface area contributed by atoms with Crippen molar-refractivity contribution in [2.45, 2.75) is 39.2 Å². The molecule has 24 heavy (non-hydrogen) atoms. The van der Waals surface area contributed by atoms with Crippen LogP contribution in [-0.2, 0) is 4.79 Å². The summed E-state index contributed by atoms with van der Waals surface area (Å²) in [7, 11) is 0. The summed E-state index contributed by atoms with van der Waals surface area (Å²) < 4.78 is 6.09. The molecule has 1 aromatic heterocycles. The fourth-order valence-corrected chi connectivity index (χ4v) is 2.92. The Bertz CT molecular complexity index is 624. The summed E-state index contributed by atoms with van der Waals surface area (Å²) in [5.74, 6) is 0.776. The minimum atomic E-state index is -0.505. The smallest absolute Gasteiger partial charge is 0.261 e. The van der Waals surface area contributed by atoms with E-state index in [1.807, 2.05) is 37.4 Å². The largest absolute Gasteiger partial charge is 0.480 e. The van der Waals surface area contributed by atoms with Gasteiger partial charge in [0.15, 0.2) is 6.10 Å². The van der Waals surface area contributed by atoms with Crippen LogP contribution in [0.5, 0.6) is 5.75 Å². The Morgan fingerprint density at radius 1 is 1.29 bits per heavy atom. The molecule has 5 nitrogen and oxygen atoms in total. The number of amides is 1. The molecule has 2 atom stereocenters. The van der Waals surface area contributed by atoms with E-state index >= 15 is 0 Å². The van der Waals surface area contributed by atoms with Crippen LogP contribution in [0, 0.1) is 5.92 Å². The van der Waals surface area contributed by atoms with Crippen molar-refractivity contribution in [3.05, 3.63) is 30.5 Å². The van der Waals surface area contributed by atoms with Crippen LogP contribution < -0.4 is 15.8 Å². The minimum absolute atomic E-state index is 0. The molecular weight excluding hydrogens is 326 g/mol. The number of H-pyrrole nitrogens is 1. The quantitative estimate of drug-likeness (QED) is 0.647. The molecule has 1 amide bonds. The monoisotopic (exact) mass is 353 g/mol. The minimum Gasteiger partial charge on any atom is -0.480 e. The zero-order valence-corrected chi connectivity index (χ0v) is 15.2. The summed E-state index contributed by atoms with van der Waals surface area (Å²) in [5, 5.41) is 3.96. The molecule has 1 aromatic carbocycles. The number of aromatic amines is 1. The standard InChI is InChI=1S/C18H27N3O2.ClH/c1-3-5-13(8-10-19)17(18(22)20-4-2)23-15-6-7-16-14(12-15)9-11-21-16;/h6-7,9,11-13,17,21H,3-5,8,10,19H2,1-2H3,(H,20,22);1H. The number of likely N-dealkylation sites (N-methyl/N-ethyl adjacent to an activating group) is 1. The van der Waals surface area contributed by atoms with E-state index in [0.29, 0.717) is 18.8 Å². The van der Waals surface area contributed by atoms with Gasteiger partial charge in [-0.25, -0.2) is 0 Å². The van der Waals surface area contributed by atoms with Gasteiger partial charge in [0.2, 0.25) is 0 Å². The van der Waals surface area contributed by atoms with Crippen molar-refractivity contribution in [3.8, 4) is 5.75 Å². The van der Waals surface area contributed by atoms with Crippen molar-refractivity contribution in [1.82, 2.24) is 10.3 Å². The number of carbonyl (C=O) groups excluding carboxylic acids is 1. The first-order valence-electron chi connectivity index (χ1n) is 8.41. The van der Waals surface area contributed by atoms with Crippen molar-refractivity contribution in [1.29, 1.82) is 0 Å². The first-order valence-corrected chi connectivity index (χ1v) is 8.41. The molecule has 0 saturated heterocycles. The van der Waals surface area contributed by atoms with Gasteiger partial charge in [-0.2, -0.15) is 0 Å². The van der Waals surface area contributed by atoms with Gasteiger partial charge in [-0.05, 0) is 50.6 Å². The van der Waals surface area contributed by atoms with Gasteiger partial charge >= 0.3 is 0 Å². The SMILES string of the molecule is CCCC(CCN)C(Oc1ccc2[nH]ccc2c1)C(=O)NCC.Cl. The van der Waals surface area contributed by atoms with Gasteiger partial charge in [-0.3, -0.25) is 4.79 Å². The molecule has 0 aliphatic heterocycles. The number of nitrogens with one attached hydrogen (secondary N) is 2. The lowest BCUT2D eigenvalue weighted by atomic mass is 9.92. The number of fused-ring (bicyclic) bond motifs is 1. The van der Waals surface area contributed by atoms with Crippen LogP contribution in [0.4, 0.5) is 0 Å². The molecule has 1 heterocycles. The predicted molar refractivity (Wildman–Crippen MR) is 101 cm³/mol. The Morgan fingerprint density at radius 2 is 2.08 bits per heavy atom. The third-order valence-corrected chi connectivity index (χ3v) is 4.02. The van der Waals surface area contributed by atoms with E-state index in [-0.39, 0.29) is 24.2 Å². The number of rotatable bonds is 9. The summed E-state index contributed by atoms with van der Waals surface area (Å²) in [5.41, 5.74) is 6.79. The van der Waals surface area contributed by atoms with Crippen LogP contribution >= 0.6 is 12.4 Å². The van der Waals surface area contributed by atoms with E-state index in [1.165, 1.54) is 0 Å². The number of ether oxygens (including phenoxy) is 1. The van der Waals surface area contributed by atoms with Gasteiger partial charge in [0.1, 0.15) is 5.75 Å². The molecule has 2 unspecified atom stereocenters. The summed E-state index contributed by atoms with van der Waals surface area (Å²) in [6.45, 7) is 5.18. The highest BCUT2D eigenvalue weighted by Crippen LogP contribution is 2.25. The van der Waals surface area contributed by atoms with Gasteiger partial charge in [0.25, 0.3) is 5.91 Å². The van der Waals surface area contributed by atoms with Crippen molar-refractivity contribution in [2.75, 3.05) is 13.1 Å². The van der Waals surface area contributed by atoms with Crippen molar-refractivity contribution in [2.24, 2.45) is 11.7 Å².